The average Bonchev–Trinajstić information content (AvgIpc) is 2.18. The molecule has 0 atom stereocenters. The van der Waals surface area contributed by atoms with Gasteiger partial charge in [0.15, 0.2) is 0 Å². The van der Waals surface area contributed by atoms with Gasteiger partial charge in [-0.15, -0.1) is 0 Å². The summed E-state index contributed by atoms with van der Waals surface area (Å²) in [5, 5.41) is 8.72. The van der Waals surface area contributed by atoms with Crippen LogP contribution in [0, 0.1) is 11.3 Å². The highest BCUT2D eigenvalue weighted by molar-refractivity contribution is 5.97. The molecule has 0 heterocycles. The molecule has 5 nitrogen and oxygen atoms in total. The highest BCUT2D eigenvalue weighted by atomic mass is 16.5. The summed E-state index contributed by atoms with van der Waals surface area (Å²) in [6.07, 6.45) is 0. The highest BCUT2D eigenvalue weighted by Crippen LogP contribution is 2.23. The number of nitrogens with zero attached hydrogens (tertiary/aromatic N) is 1. The number of nitriles is 1. The smallest absolute Gasteiger partial charge is 0.340 e. The van der Waals surface area contributed by atoms with Crippen molar-refractivity contribution in [3.63, 3.8) is 0 Å². The number of hydrogen-bond acceptors (Lipinski definition) is 5. The van der Waals surface area contributed by atoms with Crippen LogP contribution in [0.25, 0.3) is 0 Å². The van der Waals surface area contributed by atoms with E-state index in [1.54, 1.807) is 0 Å². The summed E-state index contributed by atoms with van der Waals surface area (Å²) in [7, 11) is 1.24. The number of rotatable bonds is 1. The van der Waals surface area contributed by atoms with Crippen molar-refractivity contribution in [2.45, 2.75) is 0 Å². The first-order chi connectivity index (χ1) is 6.61. The highest BCUT2D eigenvalue weighted by Gasteiger charge is 2.14. The lowest BCUT2D eigenvalue weighted by molar-refractivity contribution is 0.0602. The Morgan fingerprint density at radius 3 is 2.64 bits per heavy atom. The fourth-order valence-electron chi connectivity index (χ4n) is 1.05. The number of carbonyl (C=O) groups is 1. The van der Waals surface area contributed by atoms with Crippen molar-refractivity contribution in [1.82, 2.24) is 0 Å². The summed E-state index contributed by atoms with van der Waals surface area (Å²) >= 11 is 0. The van der Waals surface area contributed by atoms with Crippen LogP contribution in [-0.2, 0) is 4.74 Å². The number of esters is 1. The Balaban J connectivity index is 3.37. The van der Waals surface area contributed by atoms with Crippen LogP contribution in [0.5, 0.6) is 0 Å². The van der Waals surface area contributed by atoms with Gasteiger partial charge in [0, 0.05) is 0 Å². The normalized spacial score (nSPS) is 9.14. The van der Waals surface area contributed by atoms with Crippen molar-refractivity contribution >= 4 is 17.3 Å². The molecule has 0 saturated heterocycles. The van der Waals surface area contributed by atoms with Gasteiger partial charge in [0.2, 0.25) is 0 Å². The second-order valence-electron chi connectivity index (χ2n) is 2.59. The Morgan fingerprint density at radius 1 is 1.50 bits per heavy atom. The number of nitrogen functional groups attached to an aromatic ring is 2. The van der Waals surface area contributed by atoms with Gasteiger partial charge >= 0.3 is 5.97 Å². The molecule has 14 heavy (non-hydrogen) atoms. The predicted molar refractivity (Wildman–Crippen MR) is 51.3 cm³/mol. The molecule has 1 aromatic carbocycles. The van der Waals surface area contributed by atoms with Crippen LogP contribution in [0.1, 0.15) is 15.9 Å². The van der Waals surface area contributed by atoms with Gasteiger partial charge in [0.05, 0.1) is 29.6 Å². The van der Waals surface area contributed by atoms with E-state index in [9.17, 15) is 4.79 Å². The van der Waals surface area contributed by atoms with Crippen molar-refractivity contribution in [2.24, 2.45) is 0 Å². The molecule has 1 aromatic rings. The number of methoxy groups -OCH3 is 1. The van der Waals surface area contributed by atoms with Gasteiger partial charge in [0.25, 0.3) is 0 Å². The second-order valence-corrected chi connectivity index (χ2v) is 2.59. The number of nitrogens with two attached hydrogens (primary N) is 2. The Bertz CT molecular complexity index is 421. The van der Waals surface area contributed by atoms with Crippen LogP contribution in [0.15, 0.2) is 12.1 Å². The lowest BCUT2D eigenvalue weighted by Crippen LogP contribution is -2.08. The standard InChI is InChI=1S/C9H9N3O2/c1-14-9(13)5-2-3-7(11)6(4-10)8(5)12/h2-3H,11-12H2,1H3. The summed E-state index contributed by atoms with van der Waals surface area (Å²) in [6, 6.07) is 4.70. The van der Waals surface area contributed by atoms with Gasteiger partial charge in [-0.05, 0) is 12.1 Å². The zero-order valence-corrected chi connectivity index (χ0v) is 7.57. The topological polar surface area (TPSA) is 102 Å². The van der Waals surface area contributed by atoms with E-state index in [0.717, 1.165) is 0 Å². The first-order valence-corrected chi connectivity index (χ1v) is 3.78. The van der Waals surface area contributed by atoms with Crippen LogP contribution < -0.4 is 11.5 Å². The van der Waals surface area contributed by atoms with E-state index in [1.807, 2.05) is 6.07 Å². The first kappa shape index (κ1) is 9.86. The average molecular weight is 191 g/mol. The molecule has 1 rings (SSSR count). The van der Waals surface area contributed by atoms with E-state index < -0.39 is 5.97 Å². The van der Waals surface area contributed by atoms with E-state index in [1.165, 1.54) is 19.2 Å². The van der Waals surface area contributed by atoms with Gasteiger partial charge in [-0.25, -0.2) is 4.79 Å². The molecule has 4 N–H and O–H groups in total. The van der Waals surface area contributed by atoms with Crippen LogP contribution >= 0.6 is 0 Å². The van der Waals surface area contributed by atoms with E-state index in [4.69, 9.17) is 16.7 Å². The maximum atomic E-state index is 11.2. The lowest BCUT2D eigenvalue weighted by atomic mass is 10.1. The van der Waals surface area contributed by atoms with Crippen LogP contribution in [0.3, 0.4) is 0 Å². The molecule has 0 unspecified atom stereocenters. The molecular formula is C9H9N3O2. The van der Waals surface area contributed by atoms with Gasteiger partial charge in [-0.2, -0.15) is 5.26 Å². The van der Waals surface area contributed by atoms with E-state index in [2.05, 4.69) is 4.74 Å². The summed E-state index contributed by atoms with van der Waals surface area (Å²) < 4.78 is 4.49. The summed E-state index contributed by atoms with van der Waals surface area (Å²) in [5.41, 5.74) is 11.6. The lowest BCUT2D eigenvalue weighted by Gasteiger charge is -2.06. The van der Waals surface area contributed by atoms with Gasteiger partial charge in [-0.1, -0.05) is 0 Å². The van der Waals surface area contributed by atoms with Crippen LogP contribution in [0.2, 0.25) is 0 Å². The monoisotopic (exact) mass is 191 g/mol. The van der Waals surface area contributed by atoms with Crippen molar-refractivity contribution < 1.29 is 9.53 Å². The molecule has 0 bridgehead atoms. The zero-order valence-electron chi connectivity index (χ0n) is 7.57. The molecule has 0 radical (unpaired) electrons. The Hall–Kier alpha value is -2.22. The van der Waals surface area contributed by atoms with Crippen molar-refractivity contribution in [2.75, 3.05) is 18.6 Å². The number of carbonyl (C=O) groups excluding carboxylic acids is 1. The Labute approximate surface area is 80.9 Å². The fourth-order valence-corrected chi connectivity index (χ4v) is 1.05. The maximum Gasteiger partial charge on any atom is 0.340 e. The predicted octanol–water partition coefficient (Wildman–Crippen LogP) is 0.509. The van der Waals surface area contributed by atoms with E-state index in [0.29, 0.717) is 0 Å². The fraction of sp³-hybridized carbons (Fsp3) is 0.111. The Morgan fingerprint density at radius 2 is 2.14 bits per heavy atom. The van der Waals surface area contributed by atoms with E-state index in [-0.39, 0.29) is 22.5 Å². The molecule has 0 fully saturated rings. The van der Waals surface area contributed by atoms with Gasteiger partial charge in [0.1, 0.15) is 6.07 Å². The van der Waals surface area contributed by atoms with Crippen molar-refractivity contribution in [3.8, 4) is 6.07 Å². The molecule has 72 valence electrons. The molecule has 0 amide bonds. The zero-order chi connectivity index (χ0) is 10.7. The van der Waals surface area contributed by atoms with Crippen molar-refractivity contribution in [1.29, 1.82) is 5.26 Å². The summed E-state index contributed by atoms with van der Waals surface area (Å²) in [4.78, 5) is 11.2. The third-order valence-electron chi connectivity index (χ3n) is 1.79. The SMILES string of the molecule is COC(=O)c1ccc(N)c(C#N)c1N. The minimum absolute atomic E-state index is 0.0550. The molecule has 0 saturated carbocycles. The minimum atomic E-state index is -0.584. The Kier molecular flexibility index (Phi) is 2.58. The third-order valence-corrected chi connectivity index (χ3v) is 1.79. The second kappa shape index (κ2) is 3.66. The molecule has 0 aliphatic heterocycles. The summed E-state index contributed by atoms with van der Waals surface area (Å²) in [5.74, 6) is -0.584. The molecule has 5 heteroatoms. The van der Waals surface area contributed by atoms with Gasteiger partial charge < -0.3 is 16.2 Å². The molecule has 0 spiro atoms. The van der Waals surface area contributed by atoms with Crippen LogP contribution in [-0.4, -0.2) is 13.1 Å². The minimum Gasteiger partial charge on any atom is -0.465 e. The largest absolute Gasteiger partial charge is 0.465 e. The number of ether oxygens (including phenoxy) is 1. The molecular weight excluding hydrogens is 182 g/mol. The number of hydrogen-bond donors (Lipinski definition) is 2. The number of anilines is 2. The van der Waals surface area contributed by atoms with Gasteiger partial charge in [-0.3, -0.25) is 0 Å². The van der Waals surface area contributed by atoms with E-state index >= 15 is 0 Å². The molecule has 0 aromatic heterocycles. The molecule has 0 aliphatic rings. The number of benzene rings is 1. The quantitative estimate of drug-likeness (QED) is 0.497. The van der Waals surface area contributed by atoms with Crippen LogP contribution in [0.4, 0.5) is 11.4 Å². The third kappa shape index (κ3) is 1.45. The molecule has 0 aliphatic carbocycles. The van der Waals surface area contributed by atoms with Crippen molar-refractivity contribution in [3.05, 3.63) is 23.3 Å². The summed E-state index contributed by atoms with van der Waals surface area (Å²) in [6.45, 7) is 0. The maximum absolute atomic E-state index is 11.2. The first-order valence-electron chi connectivity index (χ1n) is 3.78.